The predicted octanol–water partition coefficient (Wildman–Crippen LogP) is 1.32. The van der Waals surface area contributed by atoms with E-state index in [4.69, 9.17) is 4.74 Å². The molecule has 5 heteroatoms. The van der Waals surface area contributed by atoms with Crippen LogP contribution in [-0.4, -0.2) is 23.1 Å². The van der Waals surface area contributed by atoms with E-state index in [1.807, 2.05) is 0 Å². The van der Waals surface area contributed by atoms with Gasteiger partial charge >= 0.3 is 0 Å². The summed E-state index contributed by atoms with van der Waals surface area (Å²) in [7, 11) is 1.54. The lowest BCUT2D eigenvalue weighted by Gasteiger charge is -2.02. The number of aromatic nitrogens is 2. The maximum Gasteiger partial charge on any atom is 0.210 e. The fourth-order valence-electron chi connectivity index (χ4n) is 0.974. The zero-order valence-electron chi connectivity index (χ0n) is 8.42. The van der Waals surface area contributed by atoms with Gasteiger partial charge in [0.25, 0.3) is 0 Å². The van der Waals surface area contributed by atoms with Crippen LogP contribution in [0.3, 0.4) is 0 Å². The zero-order chi connectivity index (χ0) is 10.6. The molecule has 0 aliphatic heterocycles. The Morgan fingerprint density at radius 3 is 2.86 bits per heavy atom. The molecule has 0 fully saturated rings. The van der Waals surface area contributed by atoms with Crippen LogP contribution >= 0.6 is 0 Å². The summed E-state index contributed by atoms with van der Waals surface area (Å²) in [6.07, 6.45) is 1.70. The molecule has 0 saturated carbocycles. The number of hydrogen-bond donors (Lipinski definition) is 2. The Morgan fingerprint density at radius 2 is 2.43 bits per heavy atom. The van der Waals surface area contributed by atoms with Crippen LogP contribution in [0.15, 0.2) is 17.8 Å². The van der Waals surface area contributed by atoms with Gasteiger partial charge in [-0.1, -0.05) is 6.08 Å². The van der Waals surface area contributed by atoms with Crippen LogP contribution in [0.4, 0.5) is 5.82 Å². The maximum atomic E-state index is 11.1. The summed E-state index contributed by atoms with van der Waals surface area (Å²) < 4.78 is 4.91. The molecule has 1 aromatic heterocycles. The highest BCUT2D eigenvalue weighted by Gasteiger charge is 2.05. The van der Waals surface area contributed by atoms with Crippen molar-refractivity contribution in [2.45, 2.75) is 13.8 Å². The zero-order valence-corrected chi connectivity index (χ0v) is 8.42. The van der Waals surface area contributed by atoms with Gasteiger partial charge in [0.1, 0.15) is 0 Å². The van der Waals surface area contributed by atoms with Gasteiger partial charge in [0.15, 0.2) is 11.6 Å². The fraction of sp³-hybridized carbons (Fsp3) is 0.333. The van der Waals surface area contributed by atoms with Gasteiger partial charge in [0, 0.05) is 13.0 Å². The van der Waals surface area contributed by atoms with Crippen molar-refractivity contribution in [2.75, 3.05) is 12.4 Å². The molecule has 0 aliphatic rings. The van der Waals surface area contributed by atoms with Crippen molar-refractivity contribution in [3.05, 3.63) is 17.8 Å². The molecule has 0 aromatic carbocycles. The van der Waals surface area contributed by atoms with Gasteiger partial charge in [-0.25, -0.2) is 5.10 Å². The molecule has 0 saturated heterocycles. The molecular weight excluding hydrogens is 182 g/mol. The molecule has 76 valence electrons. The summed E-state index contributed by atoms with van der Waals surface area (Å²) in [4.78, 5) is 11.1. The summed E-state index contributed by atoms with van der Waals surface area (Å²) in [5.41, 5.74) is 0.513. The van der Waals surface area contributed by atoms with E-state index in [1.165, 1.54) is 6.92 Å². The number of H-pyrrole nitrogens is 1. The Labute approximate surface area is 82.2 Å². The first-order valence-corrected chi connectivity index (χ1v) is 4.21. The summed E-state index contributed by atoms with van der Waals surface area (Å²) in [5.74, 6) is 1.08. The molecule has 1 rings (SSSR count). The monoisotopic (exact) mass is 195 g/mol. The number of ether oxygens (including phenoxy) is 1. The SMILES string of the molecule is C/C=C(/Nc1cc(OC)[nH]n1)C(C)=O. The van der Waals surface area contributed by atoms with E-state index in [0.29, 0.717) is 17.4 Å². The molecule has 0 amide bonds. The van der Waals surface area contributed by atoms with Crippen molar-refractivity contribution in [1.29, 1.82) is 0 Å². The number of ketones is 1. The number of rotatable bonds is 4. The van der Waals surface area contributed by atoms with Gasteiger partial charge in [-0.3, -0.25) is 4.79 Å². The summed E-state index contributed by atoms with van der Waals surface area (Å²) in [5, 5.41) is 9.43. The molecule has 2 N–H and O–H groups in total. The highest BCUT2D eigenvalue weighted by atomic mass is 16.5. The van der Waals surface area contributed by atoms with Crippen LogP contribution in [-0.2, 0) is 4.79 Å². The highest BCUT2D eigenvalue weighted by molar-refractivity contribution is 5.95. The third-order valence-electron chi connectivity index (χ3n) is 1.70. The number of nitrogens with one attached hydrogen (secondary N) is 2. The standard InChI is InChI=1S/C9H13N3O2/c1-4-7(6(2)13)10-8-5-9(14-3)12-11-8/h4-5H,1-3H3,(H2,10,11,12)/b7-4+. The number of carbonyl (C=O) groups is 1. The lowest BCUT2D eigenvalue weighted by molar-refractivity contribution is -0.113. The number of methoxy groups -OCH3 is 1. The Kier molecular flexibility index (Phi) is 3.28. The number of Topliss-reactive ketones (excluding diaryl/α,β-unsaturated/α-hetero) is 1. The van der Waals surface area contributed by atoms with Gasteiger partial charge < -0.3 is 10.1 Å². The molecule has 0 bridgehead atoms. The molecule has 0 spiro atoms. The normalized spacial score (nSPS) is 11.2. The van der Waals surface area contributed by atoms with Gasteiger partial charge in [-0.15, -0.1) is 0 Å². The molecule has 0 aliphatic carbocycles. The van der Waals surface area contributed by atoms with E-state index < -0.39 is 0 Å². The van der Waals surface area contributed by atoms with Crippen molar-refractivity contribution in [1.82, 2.24) is 10.2 Å². The maximum absolute atomic E-state index is 11.1. The highest BCUT2D eigenvalue weighted by Crippen LogP contribution is 2.13. The van der Waals surface area contributed by atoms with Crippen LogP contribution in [0.5, 0.6) is 5.88 Å². The Balaban J connectivity index is 2.72. The summed E-state index contributed by atoms with van der Waals surface area (Å²) in [6.45, 7) is 3.28. The average molecular weight is 195 g/mol. The van der Waals surface area contributed by atoms with Crippen LogP contribution in [0.2, 0.25) is 0 Å². The molecule has 1 heterocycles. The summed E-state index contributed by atoms with van der Waals surface area (Å²) in [6, 6.07) is 1.67. The molecule has 14 heavy (non-hydrogen) atoms. The van der Waals surface area contributed by atoms with E-state index in [1.54, 1.807) is 26.2 Å². The van der Waals surface area contributed by atoms with Crippen LogP contribution in [0, 0.1) is 0 Å². The van der Waals surface area contributed by atoms with E-state index in [9.17, 15) is 4.79 Å². The smallest absolute Gasteiger partial charge is 0.210 e. The van der Waals surface area contributed by atoms with Gasteiger partial charge in [0.2, 0.25) is 5.88 Å². The minimum Gasteiger partial charge on any atom is -0.481 e. The molecule has 0 atom stereocenters. The Morgan fingerprint density at radius 1 is 1.71 bits per heavy atom. The molecule has 0 radical (unpaired) electrons. The third-order valence-corrected chi connectivity index (χ3v) is 1.70. The average Bonchev–Trinajstić information content (AvgIpc) is 2.61. The van der Waals surface area contributed by atoms with E-state index in [2.05, 4.69) is 15.5 Å². The lowest BCUT2D eigenvalue weighted by Crippen LogP contribution is -2.07. The quantitative estimate of drug-likeness (QED) is 0.711. The molecule has 5 nitrogen and oxygen atoms in total. The van der Waals surface area contributed by atoms with Crippen molar-refractivity contribution in [3.63, 3.8) is 0 Å². The van der Waals surface area contributed by atoms with Crippen LogP contribution < -0.4 is 10.1 Å². The van der Waals surface area contributed by atoms with Gasteiger partial charge in [-0.05, 0) is 6.92 Å². The second-order valence-electron chi connectivity index (χ2n) is 2.71. The number of allylic oxidation sites excluding steroid dienone is 2. The second kappa shape index (κ2) is 4.45. The number of aromatic amines is 1. The Hall–Kier alpha value is -1.78. The summed E-state index contributed by atoms with van der Waals surface area (Å²) >= 11 is 0. The number of anilines is 1. The first-order valence-electron chi connectivity index (χ1n) is 4.21. The van der Waals surface area contributed by atoms with Gasteiger partial charge in [0.05, 0.1) is 12.8 Å². The first kappa shape index (κ1) is 10.3. The molecule has 0 unspecified atom stereocenters. The van der Waals surface area contributed by atoms with E-state index >= 15 is 0 Å². The number of nitrogens with zero attached hydrogens (tertiary/aromatic N) is 1. The minimum atomic E-state index is -0.0329. The lowest BCUT2D eigenvalue weighted by atomic mass is 10.3. The largest absolute Gasteiger partial charge is 0.481 e. The topological polar surface area (TPSA) is 67.0 Å². The Bertz CT molecular complexity index is 355. The third kappa shape index (κ3) is 2.35. The van der Waals surface area contributed by atoms with Gasteiger partial charge in [-0.2, -0.15) is 5.10 Å². The number of carbonyl (C=O) groups excluding carboxylic acids is 1. The first-order chi connectivity index (χ1) is 6.67. The molecule has 1 aromatic rings. The van der Waals surface area contributed by atoms with E-state index in [0.717, 1.165) is 0 Å². The van der Waals surface area contributed by atoms with Crippen molar-refractivity contribution in [2.24, 2.45) is 0 Å². The fourth-order valence-corrected chi connectivity index (χ4v) is 0.974. The minimum absolute atomic E-state index is 0.0329. The van der Waals surface area contributed by atoms with E-state index in [-0.39, 0.29) is 5.78 Å². The predicted molar refractivity (Wildman–Crippen MR) is 53.2 cm³/mol. The van der Waals surface area contributed by atoms with Crippen LogP contribution in [0.25, 0.3) is 0 Å². The van der Waals surface area contributed by atoms with Crippen molar-refractivity contribution >= 4 is 11.6 Å². The molecular formula is C9H13N3O2. The van der Waals surface area contributed by atoms with Crippen LogP contribution in [0.1, 0.15) is 13.8 Å². The van der Waals surface area contributed by atoms with Crippen molar-refractivity contribution in [3.8, 4) is 5.88 Å². The second-order valence-corrected chi connectivity index (χ2v) is 2.71. The van der Waals surface area contributed by atoms with Crippen molar-refractivity contribution < 1.29 is 9.53 Å². The number of hydrogen-bond acceptors (Lipinski definition) is 4.